The molecule has 2 N–H and O–H groups in total. The standard InChI is InChI=1S/C16H22N2O/c1-11(2)14-6-4-5-7-15(14)18-16(19)17-10-12(3)13-8-9-13/h4-7,10-11,13H,8-9H2,1-3H3,(H2,17,18,19)/b12-10+. The van der Waals surface area contributed by atoms with Gasteiger partial charge in [-0.1, -0.05) is 37.6 Å². The van der Waals surface area contributed by atoms with Crippen molar-refractivity contribution in [1.82, 2.24) is 5.32 Å². The zero-order chi connectivity index (χ0) is 13.8. The Morgan fingerprint density at radius 1 is 1.32 bits per heavy atom. The fourth-order valence-electron chi connectivity index (χ4n) is 2.11. The second-order valence-corrected chi connectivity index (χ2v) is 5.50. The van der Waals surface area contributed by atoms with E-state index in [1.54, 1.807) is 0 Å². The predicted molar refractivity (Wildman–Crippen MR) is 79.2 cm³/mol. The van der Waals surface area contributed by atoms with Gasteiger partial charge < -0.3 is 10.6 Å². The molecule has 3 nitrogen and oxygen atoms in total. The number of allylic oxidation sites excluding steroid dienone is 1. The van der Waals surface area contributed by atoms with Crippen molar-refractivity contribution in [2.45, 2.75) is 39.5 Å². The number of hydrogen-bond acceptors (Lipinski definition) is 1. The van der Waals surface area contributed by atoms with Gasteiger partial charge in [-0.05, 0) is 43.2 Å². The van der Waals surface area contributed by atoms with Crippen molar-refractivity contribution in [3.05, 3.63) is 41.6 Å². The molecule has 1 aromatic carbocycles. The lowest BCUT2D eigenvalue weighted by Crippen LogP contribution is -2.25. The molecule has 0 spiro atoms. The van der Waals surface area contributed by atoms with E-state index in [0.717, 1.165) is 11.3 Å². The van der Waals surface area contributed by atoms with Crippen molar-refractivity contribution in [2.75, 3.05) is 5.32 Å². The molecule has 102 valence electrons. The zero-order valence-corrected chi connectivity index (χ0v) is 11.9. The van der Waals surface area contributed by atoms with Gasteiger partial charge in [0, 0.05) is 11.9 Å². The van der Waals surface area contributed by atoms with Gasteiger partial charge in [-0.3, -0.25) is 0 Å². The van der Waals surface area contributed by atoms with E-state index in [4.69, 9.17) is 0 Å². The Bertz CT molecular complexity index is 487. The molecule has 19 heavy (non-hydrogen) atoms. The van der Waals surface area contributed by atoms with Crippen molar-refractivity contribution in [1.29, 1.82) is 0 Å². The average Bonchev–Trinajstić information content (AvgIpc) is 3.20. The Kier molecular flexibility index (Phi) is 4.25. The molecule has 0 atom stereocenters. The van der Waals surface area contributed by atoms with E-state index in [1.165, 1.54) is 18.4 Å². The minimum Gasteiger partial charge on any atom is -0.314 e. The summed E-state index contributed by atoms with van der Waals surface area (Å²) in [4.78, 5) is 11.9. The van der Waals surface area contributed by atoms with E-state index >= 15 is 0 Å². The first-order valence-electron chi connectivity index (χ1n) is 6.91. The van der Waals surface area contributed by atoms with Crippen LogP contribution >= 0.6 is 0 Å². The van der Waals surface area contributed by atoms with Gasteiger partial charge in [-0.2, -0.15) is 0 Å². The largest absolute Gasteiger partial charge is 0.323 e. The molecule has 0 aliphatic heterocycles. The van der Waals surface area contributed by atoms with Gasteiger partial charge in [0.1, 0.15) is 0 Å². The molecule has 1 aliphatic rings. The minimum atomic E-state index is -0.173. The highest BCUT2D eigenvalue weighted by atomic mass is 16.2. The van der Waals surface area contributed by atoms with Gasteiger partial charge in [-0.15, -0.1) is 0 Å². The van der Waals surface area contributed by atoms with Crippen molar-refractivity contribution >= 4 is 11.7 Å². The lowest BCUT2D eigenvalue weighted by molar-refractivity contribution is 0.255. The molecule has 1 fully saturated rings. The maximum atomic E-state index is 11.9. The summed E-state index contributed by atoms with van der Waals surface area (Å²) in [6.45, 7) is 6.31. The fourth-order valence-corrected chi connectivity index (χ4v) is 2.11. The Morgan fingerprint density at radius 3 is 2.63 bits per heavy atom. The molecule has 0 unspecified atom stereocenters. The summed E-state index contributed by atoms with van der Waals surface area (Å²) in [6.07, 6.45) is 4.33. The van der Waals surface area contributed by atoms with Crippen molar-refractivity contribution < 1.29 is 4.79 Å². The van der Waals surface area contributed by atoms with Crippen molar-refractivity contribution in [3.8, 4) is 0 Å². The fraction of sp³-hybridized carbons (Fsp3) is 0.438. The number of amides is 2. The quantitative estimate of drug-likeness (QED) is 0.833. The number of para-hydroxylation sites is 1. The molecular weight excluding hydrogens is 236 g/mol. The van der Waals surface area contributed by atoms with Gasteiger partial charge in [0.05, 0.1) is 0 Å². The summed E-state index contributed by atoms with van der Waals surface area (Å²) in [7, 11) is 0. The van der Waals surface area contributed by atoms with Crippen LogP contribution in [0.4, 0.5) is 10.5 Å². The molecule has 0 saturated heterocycles. The number of benzene rings is 1. The summed E-state index contributed by atoms with van der Waals surface area (Å²) in [5, 5.41) is 5.72. The number of hydrogen-bond donors (Lipinski definition) is 2. The molecule has 1 aromatic rings. The molecule has 0 radical (unpaired) electrons. The highest BCUT2D eigenvalue weighted by Gasteiger charge is 2.22. The average molecular weight is 258 g/mol. The molecule has 1 saturated carbocycles. The first-order chi connectivity index (χ1) is 9.08. The molecule has 0 bridgehead atoms. The maximum absolute atomic E-state index is 11.9. The SMILES string of the molecule is C/C(=C\NC(=O)Nc1ccccc1C(C)C)C1CC1. The van der Waals surface area contributed by atoms with Gasteiger partial charge in [-0.25, -0.2) is 4.79 Å². The lowest BCUT2D eigenvalue weighted by atomic mass is 10.0. The van der Waals surface area contributed by atoms with Crippen molar-refractivity contribution in [2.24, 2.45) is 5.92 Å². The first kappa shape index (κ1) is 13.7. The maximum Gasteiger partial charge on any atom is 0.323 e. The molecule has 2 amide bonds. The summed E-state index contributed by atoms with van der Waals surface area (Å²) in [5.74, 6) is 1.07. The third kappa shape index (κ3) is 3.85. The van der Waals surface area contributed by atoms with Crippen LogP contribution in [0.5, 0.6) is 0 Å². The zero-order valence-electron chi connectivity index (χ0n) is 11.9. The van der Waals surface area contributed by atoms with E-state index in [-0.39, 0.29) is 6.03 Å². The molecule has 0 aromatic heterocycles. The van der Waals surface area contributed by atoms with E-state index in [9.17, 15) is 4.79 Å². The van der Waals surface area contributed by atoms with Crippen LogP contribution in [-0.2, 0) is 0 Å². The number of rotatable bonds is 4. The summed E-state index contributed by atoms with van der Waals surface area (Å²) in [5.41, 5.74) is 3.29. The van der Waals surface area contributed by atoms with E-state index in [0.29, 0.717) is 11.8 Å². The first-order valence-corrected chi connectivity index (χ1v) is 6.91. The number of urea groups is 1. The van der Waals surface area contributed by atoms with Gasteiger partial charge in [0.25, 0.3) is 0 Å². The minimum absolute atomic E-state index is 0.173. The van der Waals surface area contributed by atoms with Crippen LogP contribution in [-0.4, -0.2) is 6.03 Å². The molecule has 2 rings (SSSR count). The van der Waals surface area contributed by atoms with Crippen LogP contribution in [0.3, 0.4) is 0 Å². The second-order valence-electron chi connectivity index (χ2n) is 5.50. The molecular formula is C16H22N2O. The normalized spacial score (nSPS) is 15.5. The smallest absolute Gasteiger partial charge is 0.314 e. The van der Waals surface area contributed by atoms with Gasteiger partial charge in [0.2, 0.25) is 0 Å². The van der Waals surface area contributed by atoms with E-state index in [1.807, 2.05) is 30.5 Å². The second kappa shape index (κ2) is 5.91. The van der Waals surface area contributed by atoms with Crippen molar-refractivity contribution in [3.63, 3.8) is 0 Å². The highest BCUT2D eigenvalue weighted by molar-refractivity contribution is 5.90. The van der Waals surface area contributed by atoms with Gasteiger partial charge >= 0.3 is 6.03 Å². The third-order valence-electron chi connectivity index (χ3n) is 3.48. The summed E-state index contributed by atoms with van der Waals surface area (Å²) >= 11 is 0. The molecule has 0 heterocycles. The summed E-state index contributed by atoms with van der Waals surface area (Å²) < 4.78 is 0. The lowest BCUT2D eigenvalue weighted by Gasteiger charge is -2.13. The Labute approximate surface area is 115 Å². The van der Waals surface area contributed by atoms with E-state index in [2.05, 4.69) is 31.4 Å². The Balaban J connectivity index is 1.96. The molecule has 1 aliphatic carbocycles. The number of carbonyl (C=O) groups excluding carboxylic acids is 1. The topological polar surface area (TPSA) is 41.1 Å². The monoisotopic (exact) mass is 258 g/mol. The van der Waals surface area contributed by atoms with Gasteiger partial charge in [0.15, 0.2) is 0 Å². The van der Waals surface area contributed by atoms with Crippen LogP contribution in [0.15, 0.2) is 36.0 Å². The van der Waals surface area contributed by atoms with Crippen LogP contribution < -0.4 is 10.6 Å². The highest BCUT2D eigenvalue weighted by Crippen LogP contribution is 2.35. The Hall–Kier alpha value is -1.77. The van der Waals surface area contributed by atoms with Crippen LogP contribution in [0.2, 0.25) is 0 Å². The number of carbonyl (C=O) groups is 1. The molecule has 3 heteroatoms. The van der Waals surface area contributed by atoms with Crippen LogP contribution in [0.1, 0.15) is 45.1 Å². The number of anilines is 1. The van der Waals surface area contributed by atoms with Crippen LogP contribution in [0.25, 0.3) is 0 Å². The number of nitrogens with one attached hydrogen (secondary N) is 2. The third-order valence-corrected chi connectivity index (χ3v) is 3.48. The Morgan fingerprint density at radius 2 is 2.00 bits per heavy atom. The summed E-state index contributed by atoms with van der Waals surface area (Å²) in [6, 6.07) is 7.74. The van der Waals surface area contributed by atoms with Crippen LogP contribution in [0, 0.1) is 5.92 Å². The predicted octanol–water partition coefficient (Wildman–Crippen LogP) is 4.25. The van der Waals surface area contributed by atoms with E-state index < -0.39 is 0 Å².